The number of nitrogens with one attached hydrogen (secondary N) is 1. The van der Waals surface area contributed by atoms with Crippen LogP contribution in [0, 0.1) is 0 Å². The molecule has 2 amide bonds. The normalized spacial score (nSPS) is 18.8. The molecule has 0 radical (unpaired) electrons. The molecular weight excluding hydrogens is 590 g/mol. The number of hydrogen-bond donors (Lipinski definition) is 3. The summed E-state index contributed by atoms with van der Waals surface area (Å²) in [7, 11) is 0. The van der Waals surface area contributed by atoms with E-state index in [2.05, 4.69) is 25.7 Å². The summed E-state index contributed by atoms with van der Waals surface area (Å²) in [5, 5.41) is 35.9. The third-order valence-electron chi connectivity index (χ3n) is 5.03. The van der Waals surface area contributed by atoms with E-state index in [1.807, 2.05) is 0 Å². The Kier molecular flexibility index (Phi) is 10.6. The summed E-state index contributed by atoms with van der Waals surface area (Å²) in [5.74, 6) is -2.98. The van der Waals surface area contributed by atoms with E-state index in [0.717, 1.165) is 16.2 Å². The van der Waals surface area contributed by atoms with Crippen LogP contribution in [0.5, 0.6) is 0 Å². The zero-order valence-corrected chi connectivity index (χ0v) is 25.2. The van der Waals surface area contributed by atoms with E-state index in [1.165, 1.54) is 40.2 Å². The van der Waals surface area contributed by atoms with Crippen LogP contribution in [0.1, 0.15) is 17.6 Å². The predicted octanol–water partition coefficient (Wildman–Crippen LogP) is -3.94. The van der Waals surface area contributed by atoms with Crippen molar-refractivity contribution in [2.45, 2.75) is 29.1 Å². The van der Waals surface area contributed by atoms with Crippen molar-refractivity contribution in [3.05, 3.63) is 27.4 Å². The minimum Gasteiger partial charge on any atom is -0.543 e. The van der Waals surface area contributed by atoms with Gasteiger partial charge in [-0.25, -0.2) is 4.98 Å². The molecular formula is C19H18N7NaO7S4. The number of amides is 2. The van der Waals surface area contributed by atoms with E-state index in [4.69, 9.17) is 10.5 Å². The maximum absolute atomic E-state index is 12.8. The Hall–Kier alpha value is -2.22. The molecule has 4 heterocycles. The van der Waals surface area contributed by atoms with Crippen LogP contribution >= 0.6 is 46.2 Å². The van der Waals surface area contributed by atoms with Crippen molar-refractivity contribution < 1.29 is 63.8 Å². The molecule has 2 aromatic rings. The fraction of sp³-hybridized carbons (Fsp3) is 0.368. The number of thioether (sulfide) groups is 2. The Morgan fingerprint density at radius 3 is 2.79 bits per heavy atom. The number of hydrogen-bond acceptors (Lipinski definition) is 16. The number of aromatic nitrogens is 3. The number of carbonyl (C=O) groups excluding carboxylic acids is 4. The predicted molar refractivity (Wildman–Crippen MR) is 133 cm³/mol. The van der Waals surface area contributed by atoms with E-state index >= 15 is 0 Å². The largest absolute Gasteiger partial charge is 1.00 e. The zero-order valence-electron chi connectivity index (χ0n) is 19.9. The molecule has 1 saturated heterocycles. The molecule has 2 atom stereocenters. The molecule has 2 aliphatic heterocycles. The summed E-state index contributed by atoms with van der Waals surface area (Å²) in [6.07, 6.45) is -0.00939. The van der Waals surface area contributed by atoms with Crippen molar-refractivity contribution in [2.24, 2.45) is 5.16 Å². The fourth-order valence-electron chi connectivity index (χ4n) is 3.45. The molecule has 0 aliphatic carbocycles. The number of aliphatic carboxylic acids is 1. The SMILES string of the molecule is CCOC(=O)Cc1nnc(SCC2=C(C(=O)[O-])N3C(=O)C(NC(=O)/C(=N/O)c4csc(N)n4)C3SC2)s1.[Na+]. The van der Waals surface area contributed by atoms with Gasteiger partial charge in [0.15, 0.2) is 15.2 Å². The Morgan fingerprint density at radius 1 is 1.39 bits per heavy atom. The monoisotopic (exact) mass is 607 g/mol. The van der Waals surface area contributed by atoms with Gasteiger partial charge in [-0.15, -0.1) is 33.3 Å². The molecule has 4 N–H and O–H groups in total. The number of nitrogen functional groups attached to an aromatic ring is 1. The summed E-state index contributed by atoms with van der Waals surface area (Å²) in [6.45, 7) is 1.96. The van der Waals surface area contributed by atoms with Gasteiger partial charge in [0, 0.05) is 16.9 Å². The minimum absolute atomic E-state index is 0. The second-order valence-corrected chi connectivity index (χ2v) is 11.6. The number of nitrogens with zero attached hydrogens (tertiary/aromatic N) is 5. The van der Waals surface area contributed by atoms with Gasteiger partial charge in [0.25, 0.3) is 11.8 Å². The maximum Gasteiger partial charge on any atom is 1.00 e. The summed E-state index contributed by atoms with van der Waals surface area (Å²) >= 11 is 4.72. The van der Waals surface area contributed by atoms with Gasteiger partial charge in [-0.1, -0.05) is 28.3 Å². The maximum atomic E-state index is 12.8. The van der Waals surface area contributed by atoms with E-state index in [1.54, 1.807) is 6.92 Å². The summed E-state index contributed by atoms with van der Waals surface area (Å²) in [5.41, 5.74) is 5.36. The third-order valence-corrected chi connectivity index (χ3v) is 9.18. The van der Waals surface area contributed by atoms with Crippen LogP contribution in [0.4, 0.5) is 5.13 Å². The number of carbonyl (C=O) groups is 4. The Bertz CT molecular complexity index is 1310. The zero-order chi connectivity index (χ0) is 26.7. The van der Waals surface area contributed by atoms with Crippen LogP contribution in [-0.2, 0) is 30.3 Å². The Labute approximate surface area is 253 Å². The van der Waals surface area contributed by atoms with Gasteiger partial charge in [-0.3, -0.25) is 19.3 Å². The molecule has 19 heteroatoms. The molecule has 14 nitrogen and oxygen atoms in total. The van der Waals surface area contributed by atoms with Crippen LogP contribution in [0.3, 0.4) is 0 Å². The first kappa shape index (κ1) is 30.3. The van der Waals surface area contributed by atoms with Gasteiger partial charge in [0.05, 0.1) is 24.7 Å². The van der Waals surface area contributed by atoms with E-state index < -0.39 is 40.9 Å². The Balaban J connectivity index is 0.00000400. The van der Waals surface area contributed by atoms with Gasteiger partial charge >= 0.3 is 35.5 Å². The quantitative estimate of drug-likeness (QED) is 0.0448. The van der Waals surface area contributed by atoms with Crippen LogP contribution < -0.4 is 45.7 Å². The van der Waals surface area contributed by atoms with Crippen molar-refractivity contribution in [1.29, 1.82) is 0 Å². The molecule has 0 aromatic carbocycles. The van der Waals surface area contributed by atoms with Crippen molar-refractivity contribution in [2.75, 3.05) is 23.8 Å². The number of carboxylic acids is 1. The van der Waals surface area contributed by atoms with Gasteiger partial charge in [-0.05, 0) is 12.5 Å². The van der Waals surface area contributed by atoms with Crippen molar-refractivity contribution in [1.82, 2.24) is 25.4 Å². The van der Waals surface area contributed by atoms with Crippen LogP contribution in [0.2, 0.25) is 0 Å². The smallest absolute Gasteiger partial charge is 0.543 e. The number of anilines is 1. The molecule has 38 heavy (non-hydrogen) atoms. The number of thiazole rings is 1. The number of nitrogens with two attached hydrogens (primary N) is 1. The first-order chi connectivity index (χ1) is 17.7. The molecule has 0 saturated carbocycles. The fourth-order valence-corrected chi connectivity index (χ4v) is 7.37. The van der Waals surface area contributed by atoms with E-state index in [9.17, 15) is 29.5 Å². The molecule has 1 fully saturated rings. The number of β-lactam (4-membered cyclic amide) rings is 1. The van der Waals surface area contributed by atoms with Gasteiger partial charge in [0.1, 0.15) is 22.1 Å². The third kappa shape index (κ3) is 6.49. The second kappa shape index (κ2) is 13.2. The summed E-state index contributed by atoms with van der Waals surface area (Å²) < 4.78 is 5.41. The number of esters is 1. The van der Waals surface area contributed by atoms with Crippen molar-refractivity contribution >= 4 is 80.8 Å². The molecule has 2 aromatic heterocycles. The molecule has 0 spiro atoms. The average Bonchev–Trinajstić information content (AvgIpc) is 3.49. The number of carboxylic acid groups (broad SMARTS) is 1. The Morgan fingerprint density at radius 2 is 2.16 bits per heavy atom. The van der Waals surface area contributed by atoms with Crippen LogP contribution in [0.15, 0.2) is 26.1 Å². The minimum atomic E-state index is -1.52. The van der Waals surface area contributed by atoms with Crippen LogP contribution in [-0.4, -0.2) is 84.3 Å². The summed E-state index contributed by atoms with van der Waals surface area (Å²) in [4.78, 5) is 54.0. The van der Waals surface area contributed by atoms with Crippen molar-refractivity contribution in [3.63, 3.8) is 0 Å². The van der Waals surface area contributed by atoms with Gasteiger partial charge < -0.3 is 30.9 Å². The molecule has 196 valence electrons. The molecule has 4 rings (SSSR count). The first-order valence-electron chi connectivity index (χ1n) is 10.5. The second-order valence-electron chi connectivity index (χ2n) is 7.35. The molecule has 2 aliphatic rings. The first-order valence-corrected chi connectivity index (χ1v) is 14.2. The molecule has 0 bridgehead atoms. The number of rotatable bonds is 10. The average molecular weight is 608 g/mol. The number of oxime groups is 1. The summed E-state index contributed by atoms with van der Waals surface area (Å²) in [6, 6.07) is -1.04. The number of ether oxygens (including phenoxy) is 1. The van der Waals surface area contributed by atoms with Gasteiger partial charge in [0.2, 0.25) is 0 Å². The number of fused-ring (bicyclic) bond motifs is 1. The van der Waals surface area contributed by atoms with Gasteiger partial charge in [-0.2, -0.15) is 0 Å². The molecule has 2 unspecified atom stereocenters. The topological polar surface area (TPSA) is 213 Å². The van der Waals surface area contributed by atoms with Crippen LogP contribution in [0.25, 0.3) is 0 Å². The van der Waals surface area contributed by atoms with Crippen molar-refractivity contribution in [3.8, 4) is 0 Å². The van der Waals surface area contributed by atoms with E-state index in [0.29, 0.717) is 14.9 Å². The standard InChI is InChI=1S/C19H19N7O7S4.Na/c1-2-33-10(27)3-9-23-24-19(37-9)36-5-7-4-34-16-12(15(29)26(16)13(7)17(30)31)22-14(28)11(25-32)8-6-35-18(20)21-8;/h6,12,16,32H,2-5H2,1H3,(H2,20,21)(H,22,28)(H,30,31);/q;+1/p-1/b25-11+;. The van der Waals surface area contributed by atoms with E-state index in [-0.39, 0.29) is 70.6 Å².